The second kappa shape index (κ2) is 36.1. The van der Waals surface area contributed by atoms with Gasteiger partial charge < -0.3 is 19.9 Å². The van der Waals surface area contributed by atoms with Gasteiger partial charge in [0.15, 0.2) is 0 Å². The standard InChI is InChI=1S/C38H75NO5S/c1-4-7-10-12-14-15-17-22-31-44-38(42)36(39-29-30-40)27-21-18-20-25-35(24-19-16-13-11-8-5-2)26-23-28-37(41)43-32-34-45-33-9-6-3/h35-36,39-40H,4-34H2,1-3H3. The van der Waals surface area contributed by atoms with Crippen molar-refractivity contribution >= 4 is 23.7 Å². The van der Waals surface area contributed by atoms with E-state index in [9.17, 15) is 14.7 Å². The van der Waals surface area contributed by atoms with Gasteiger partial charge in [0.2, 0.25) is 0 Å². The molecule has 0 amide bonds. The van der Waals surface area contributed by atoms with Crippen LogP contribution in [0.25, 0.3) is 0 Å². The molecule has 6 nitrogen and oxygen atoms in total. The molecule has 2 unspecified atom stereocenters. The van der Waals surface area contributed by atoms with Crippen LogP contribution in [0.1, 0.15) is 181 Å². The van der Waals surface area contributed by atoms with Crippen molar-refractivity contribution in [3.63, 3.8) is 0 Å². The third-order valence-electron chi connectivity index (χ3n) is 8.73. The number of carbonyl (C=O) groups is 2. The fourth-order valence-corrected chi connectivity index (χ4v) is 6.72. The number of ether oxygens (including phenoxy) is 2. The fourth-order valence-electron chi connectivity index (χ4n) is 5.83. The topological polar surface area (TPSA) is 84.9 Å². The third-order valence-corrected chi connectivity index (χ3v) is 9.76. The minimum atomic E-state index is -0.332. The summed E-state index contributed by atoms with van der Waals surface area (Å²) in [6.45, 7) is 8.17. The molecule has 268 valence electrons. The molecule has 0 aliphatic carbocycles. The maximum atomic E-state index is 12.7. The van der Waals surface area contributed by atoms with Crippen LogP contribution >= 0.6 is 11.8 Å². The Morgan fingerprint density at radius 3 is 1.76 bits per heavy atom. The lowest BCUT2D eigenvalue weighted by Gasteiger charge is -2.19. The maximum Gasteiger partial charge on any atom is 0.323 e. The smallest absolute Gasteiger partial charge is 0.323 e. The Bertz CT molecular complexity index is 635. The van der Waals surface area contributed by atoms with Crippen LogP contribution in [0.2, 0.25) is 0 Å². The Kier molecular flexibility index (Phi) is 35.4. The van der Waals surface area contributed by atoms with Gasteiger partial charge in [-0.1, -0.05) is 143 Å². The van der Waals surface area contributed by atoms with Crippen molar-refractivity contribution in [1.29, 1.82) is 0 Å². The summed E-state index contributed by atoms with van der Waals surface area (Å²) in [5.74, 6) is 2.50. The van der Waals surface area contributed by atoms with Crippen LogP contribution in [0.3, 0.4) is 0 Å². The molecule has 0 spiro atoms. The molecular weight excluding hydrogens is 582 g/mol. The van der Waals surface area contributed by atoms with E-state index in [0.29, 0.717) is 32.1 Å². The SMILES string of the molecule is CCCCCCCCCCOC(=O)C(CCCCCC(CCCCCCCC)CCCC(=O)OCCSCCCC)NCCO. The van der Waals surface area contributed by atoms with Crippen molar-refractivity contribution in [2.75, 3.05) is 37.9 Å². The first-order valence-electron chi connectivity index (χ1n) is 19.3. The normalized spacial score (nSPS) is 12.7. The number of unbranched alkanes of at least 4 members (excludes halogenated alkanes) is 15. The molecule has 0 aliphatic heterocycles. The summed E-state index contributed by atoms with van der Waals surface area (Å²) < 4.78 is 11.1. The summed E-state index contributed by atoms with van der Waals surface area (Å²) in [7, 11) is 0. The maximum absolute atomic E-state index is 12.7. The molecule has 0 saturated carbocycles. The second-order valence-electron chi connectivity index (χ2n) is 13.0. The molecular formula is C38H75NO5S. The highest BCUT2D eigenvalue weighted by Crippen LogP contribution is 2.24. The lowest BCUT2D eigenvalue weighted by molar-refractivity contribution is -0.146. The van der Waals surface area contributed by atoms with Crippen molar-refractivity contribution in [2.45, 2.75) is 187 Å². The quantitative estimate of drug-likeness (QED) is 0.0512. The van der Waals surface area contributed by atoms with Gasteiger partial charge in [-0.25, -0.2) is 0 Å². The number of hydrogen-bond acceptors (Lipinski definition) is 7. The van der Waals surface area contributed by atoms with Crippen LogP contribution in [0.4, 0.5) is 0 Å². The van der Waals surface area contributed by atoms with Gasteiger partial charge in [0.05, 0.1) is 13.2 Å². The number of carbonyl (C=O) groups excluding carboxylic acids is 2. The largest absolute Gasteiger partial charge is 0.465 e. The average molecular weight is 658 g/mol. The third kappa shape index (κ3) is 31.6. The monoisotopic (exact) mass is 658 g/mol. The van der Waals surface area contributed by atoms with Crippen molar-refractivity contribution < 1.29 is 24.2 Å². The number of rotatable bonds is 36. The first-order chi connectivity index (χ1) is 22.1. The van der Waals surface area contributed by atoms with E-state index < -0.39 is 0 Å². The van der Waals surface area contributed by atoms with Gasteiger partial charge >= 0.3 is 11.9 Å². The number of aliphatic hydroxyl groups excluding tert-OH is 1. The van der Waals surface area contributed by atoms with Crippen LogP contribution in [0.15, 0.2) is 0 Å². The fraction of sp³-hybridized carbons (Fsp3) is 0.947. The van der Waals surface area contributed by atoms with Gasteiger partial charge in [-0.15, -0.1) is 0 Å². The first kappa shape index (κ1) is 44.2. The van der Waals surface area contributed by atoms with E-state index in [1.807, 2.05) is 11.8 Å². The number of hydrogen-bond donors (Lipinski definition) is 2. The predicted octanol–water partition coefficient (Wildman–Crippen LogP) is 10.2. The van der Waals surface area contributed by atoms with E-state index >= 15 is 0 Å². The van der Waals surface area contributed by atoms with Crippen molar-refractivity contribution in [1.82, 2.24) is 5.32 Å². The lowest BCUT2D eigenvalue weighted by Crippen LogP contribution is -2.39. The van der Waals surface area contributed by atoms with E-state index in [4.69, 9.17) is 9.47 Å². The summed E-state index contributed by atoms with van der Waals surface area (Å²) in [4.78, 5) is 25.0. The molecule has 0 aromatic carbocycles. The van der Waals surface area contributed by atoms with Crippen LogP contribution in [0, 0.1) is 5.92 Å². The number of aliphatic hydroxyl groups is 1. The zero-order chi connectivity index (χ0) is 33.1. The highest BCUT2D eigenvalue weighted by Gasteiger charge is 2.19. The molecule has 45 heavy (non-hydrogen) atoms. The molecule has 2 atom stereocenters. The number of nitrogens with one attached hydrogen (secondary N) is 1. The Morgan fingerprint density at radius 2 is 1.13 bits per heavy atom. The van der Waals surface area contributed by atoms with Gasteiger partial charge in [-0.2, -0.15) is 11.8 Å². The zero-order valence-corrected chi connectivity index (χ0v) is 30.9. The summed E-state index contributed by atoms with van der Waals surface area (Å²) in [5.41, 5.74) is 0. The summed E-state index contributed by atoms with van der Waals surface area (Å²) >= 11 is 1.87. The molecule has 0 aromatic heterocycles. The van der Waals surface area contributed by atoms with Crippen molar-refractivity contribution in [2.24, 2.45) is 5.92 Å². The molecule has 0 aliphatic rings. The molecule has 0 rings (SSSR count). The van der Waals surface area contributed by atoms with Crippen molar-refractivity contribution in [3.05, 3.63) is 0 Å². The van der Waals surface area contributed by atoms with Crippen LogP contribution < -0.4 is 5.32 Å². The molecule has 0 bridgehead atoms. The Labute approximate surface area is 283 Å². The molecule has 0 fully saturated rings. The highest BCUT2D eigenvalue weighted by atomic mass is 32.2. The lowest BCUT2D eigenvalue weighted by atomic mass is 9.90. The van der Waals surface area contributed by atoms with Gasteiger partial charge in [0, 0.05) is 18.7 Å². The first-order valence-corrected chi connectivity index (χ1v) is 20.5. The van der Waals surface area contributed by atoms with Crippen LogP contribution in [-0.4, -0.2) is 61.0 Å². The van der Waals surface area contributed by atoms with Crippen LogP contribution in [-0.2, 0) is 19.1 Å². The van der Waals surface area contributed by atoms with Gasteiger partial charge in [0.25, 0.3) is 0 Å². The molecule has 0 radical (unpaired) electrons. The van der Waals surface area contributed by atoms with E-state index in [0.717, 1.165) is 62.9 Å². The molecule has 7 heteroatoms. The Morgan fingerprint density at radius 1 is 0.600 bits per heavy atom. The molecule has 2 N–H and O–H groups in total. The zero-order valence-electron chi connectivity index (χ0n) is 30.1. The number of esters is 2. The average Bonchev–Trinajstić information content (AvgIpc) is 3.04. The van der Waals surface area contributed by atoms with Gasteiger partial charge in [-0.3, -0.25) is 9.59 Å². The molecule has 0 heterocycles. The van der Waals surface area contributed by atoms with Gasteiger partial charge in [0.1, 0.15) is 12.6 Å². The summed E-state index contributed by atoms with van der Waals surface area (Å²) in [5, 5.41) is 12.5. The summed E-state index contributed by atoms with van der Waals surface area (Å²) in [6.07, 6.45) is 29.1. The Balaban J connectivity index is 4.38. The predicted molar refractivity (Wildman–Crippen MR) is 194 cm³/mol. The Hall–Kier alpha value is -0.790. The van der Waals surface area contributed by atoms with E-state index in [1.165, 1.54) is 103 Å². The molecule has 0 saturated heterocycles. The summed E-state index contributed by atoms with van der Waals surface area (Å²) in [6, 6.07) is -0.332. The second-order valence-corrected chi connectivity index (χ2v) is 14.2. The van der Waals surface area contributed by atoms with Gasteiger partial charge in [-0.05, 0) is 43.8 Å². The van der Waals surface area contributed by atoms with Crippen molar-refractivity contribution in [3.8, 4) is 0 Å². The molecule has 0 aromatic rings. The highest BCUT2D eigenvalue weighted by molar-refractivity contribution is 7.99. The van der Waals surface area contributed by atoms with E-state index in [1.54, 1.807) is 0 Å². The van der Waals surface area contributed by atoms with E-state index in [2.05, 4.69) is 26.1 Å². The van der Waals surface area contributed by atoms with E-state index in [-0.39, 0.29) is 24.6 Å². The minimum Gasteiger partial charge on any atom is -0.465 e. The number of thioether (sulfide) groups is 1. The van der Waals surface area contributed by atoms with Crippen LogP contribution in [0.5, 0.6) is 0 Å². The minimum absolute atomic E-state index is 0.0212.